The van der Waals surface area contributed by atoms with E-state index in [4.69, 9.17) is 0 Å². The van der Waals surface area contributed by atoms with Crippen molar-refractivity contribution in [1.82, 2.24) is 15.5 Å². The number of aromatic amines is 1. The Bertz CT molecular complexity index is 334. The minimum atomic E-state index is -0.0115. The van der Waals surface area contributed by atoms with E-state index in [9.17, 15) is 4.79 Å². The molecule has 1 unspecified atom stereocenters. The Morgan fingerprint density at radius 3 is 2.88 bits per heavy atom. The van der Waals surface area contributed by atoms with Crippen LogP contribution in [0.2, 0.25) is 0 Å². The molecule has 0 bridgehead atoms. The Balaban J connectivity index is 2.39. The first kappa shape index (κ1) is 12.7. The monoisotopic (exact) mass is 224 g/mol. The van der Waals surface area contributed by atoms with Crippen LogP contribution in [0.4, 0.5) is 5.82 Å². The Kier molecular flexibility index (Phi) is 4.98. The van der Waals surface area contributed by atoms with Gasteiger partial charge in [-0.15, -0.1) is 0 Å². The van der Waals surface area contributed by atoms with Crippen molar-refractivity contribution < 1.29 is 4.79 Å². The van der Waals surface area contributed by atoms with Crippen LogP contribution in [-0.2, 0) is 11.2 Å². The fourth-order valence-corrected chi connectivity index (χ4v) is 1.50. The number of amides is 1. The van der Waals surface area contributed by atoms with Gasteiger partial charge in [0.15, 0.2) is 5.82 Å². The number of carbonyl (C=O) groups excluding carboxylic acids is 1. The smallest absolute Gasteiger partial charge is 0.227 e. The predicted molar refractivity (Wildman–Crippen MR) is 64.4 cm³/mol. The van der Waals surface area contributed by atoms with Gasteiger partial charge in [0, 0.05) is 24.2 Å². The van der Waals surface area contributed by atoms with Gasteiger partial charge in [-0.3, -0.25) is 9.89 Å². The Labute approximate surface area is 96.0 Å². The van der Waals surface area contributed by atoms with Gasteiger partial charge in [0.25, 0.3) is 0 Å². The van der Waals surface area contributed by atoms with Gasteiger partial charge in [-0.05, 0) is 19.9 Å². The highest BCUT2D eigenvalue weighted by atomic mass is 16.1. The summed E-state index contributed by atoms with van der Waals surface area (Å²) in [5, 5.41) is 12.8. The van der Waals surface area contributed by atoms with Crippen LogP contribution in [0.1, 0.15) is 32.9 Å². The number of aryl methyl sites for hydroxylation is 1. The van der Waals surface area contributed by atoms with Gasteiger partial charge in [-0.1, -0.05) is 13.8 Å². The fourth-order valence-electron chi connectivity index (χ4n) is 1.50. The van der Waals surface area contributed by atoms with Crippen LogP contribution in [-0.4, -0.2) is 28.7 Å². The molecule has 5 nitrogen and oxygen atoms in total. The molecular formula is C11H20N4O. The van der Waals surface area contributed by atoms with Crippen molar-refractivity contribution in [1.29, 1.82) is 0 Å². The molecule has 1 amide bonds. The van der Waals surface area contributed by atoms with Crippen molar-refractivity contribution in [3.05, 3.63) is 11.8 Å². The van der Waals surface area contributed by atoms with Gasteiger partial charge in [0.1, 0.15) is 0 Å². The second kappa shape index (κ2) is 6.27. The number of hydrogen-bond donors (Lipinski definition) is 3. The van der Waals surface area contributed by atoms with Crippen LogP contribution in [0.15, 0.2) is 6.07 Å². The summed E-state index contributed by atoms with van der Waals surface area (Å²) < 4.78 is 0. The average molecular weight is 224 g/mol. The van der Waals surface area contributed by atoms with Crippen LogP contribution in [0, 0.1) is 0 Å². The summed E-state index contributed by atoms with van der Waals surface area (Å²) in [6.45, 7) is 6.92. The van der Waals surface area contributed by atoms with Crippen LogP contribution in [0.5, 0.6) is 0 Å². The standard InChI is InChI=1S/C11H20N4O/c1-4-9-7-10(15-14-9)13-11(16)6-8(3)12-5-2/h7-8,12H,4-6H2,1-3H3,(H2,13,14,15,16). The molecule has 1 aromatic rings. The minimum Gasteiger partial charge on any atom is -0.314 e. The van der Waals surface area contributed by atoms with Gasteiger partial charge in [-0.2, -0.15) is 5.10 Å². The van der Waals surface area contributed by atoms with Crippen molar-refractivity contribution in [2.24, 2.45) is 0 Å². The Hall–Kier alpha value is -1.36. The largest absolute Gasteiger partial charge is 0.314 e. The topological polar surface area (TPSA) is 69.8 Å². The van der Waals surface area contributed by atoms with Crippen molar-refractivity contribution in [3.8, 4) is 0 Å². The van der Waals surface area contributed by atoms with Gasteiger partial charge in [0.2, 0.25) is 5.91 Å². The van der Waals surface area contributed by atoms with E-state index in [0.717, 1.165) is 18.7 Å². The fraction of sp³-hybridized carbons (Fsp3) is 0.636. The summed E-state index contributed by atoms with van der Waals surface area (Å²) in [5.74, 6) is 0.591. The molecule has 90 valence electrons. The third-order valence-corrected chi connectivity index (χ3v) is 2.32. The molecule has 0 radical (unpaired) electrons. The maximum Gasteiger partial charge on any atom is 0.227 e. The first-order valence-corrected chi connectivity index (χ1v) is 5.73. The number of anilines is 1. The zero-order valence-electron chi connectivity index (χ0n) is 10.1. The summed E-state index contributed by atoms with van der Waals surface area (Å²) in [6, 6.07) is 2.05. The van der Waals surface area contributed by atoms with Gasteiger partial charge in [-0.25, -0.2) is 0 Å². The molecule has 16 heavy (non-hydrogen) atoms. The highest BCUT2D eigenvalue weighted by molar-refractivity contribution is 5.90. The molecule has 1 aromatic heterocycles. The van der Waals surface area contributed by atoms with E-state index in [1.807, 2.05) is 26.8 Å². The lowest BCUT2D eigenvalue weighted by Gasteiger charge is -2.10. The van der Waals surface area contributed by atoms with Crippen molar-refractivity contribution in [2.75, 3.05) is 11.9 Å². The zero-order valence-corrected chi connectivity index (χ0v) is 10.1. The van der Waals surface area contributed by atoms with Crippen molar-refractivity contribution >= 4 is 11.7 Å². The number of hydrogen-bond acceptors (Lipinski definition) is 3. The Morgan fingerprint density at radius 2 is 2.31 bits per heavy atom. The lowest BCUT2D eigenvalue weighted by atomic mass is 10.2. The van der Waals surface area contributed by atoms with Gasteiger partial charge in [0.05, 0.1) is 0 Å². The molecule has 1 atom stereocenters. The first-order valence-electron chi connectivity index (χ1n) is 5.73. The number of nitrogens with zero attached hydrogens (tertiary/aromatic N) is 1. The van der Waals surface area contributed by atoms with Crippen LogP contribution >= 0.6 is 0 Å². The van der Waals surface area contributed by atoms with Crippen LogP contribution < -0.4 is 10.6 Å². The third kappa shape index (κ3) is 4.02. The average Bonchev–Trinajstić information content (AvgIpc) is 2.65. The molecule has 0 aliphatic rings. The van der Waals surface area contributed by atoms with E-state index in [1.54, 1.807) is 0 Å². The summed E-state index contributed by atoms with van der Waals surface area (Å²) in [5.41, 5.74) is 1.02. The number of rotatable bonds is 6. The maximum absolute atomic E-state index is 11.6. The Morgan fingerprint density at radius 1 is 1.56 bits per heavy atom. The lowest BCUT2D eigenvalue weighted by molar-refractivity contribution is -0.116. The summed E-state index contributed by atoms with van der Waals surface area (Å²) in [6.07, 6.45) is 1.35. The van der Waals surface area contributed by atoms with E-state index in [1.165, 1.54) is 0 Å². The number of H-pyrrole nitrogens is 1. The minimum absolute atomic E-state index is 0.0115. The normalized spacial score (nSPS) is 12.4. The van der Waals surface area contributed by atoms with Crippen LogP contribution in [0.3, 0.4) is 0 Å². The van der Waals surface area contributed by atoms with E-state index in [-0.39, 0.29) is 11.9 Å². The number of carbonyl (C=O) groups is 1. The molecular weight excluding hydrogens is 204 g/mol. The molecule has 0 aliphatic carbocycles. The second-order valence-corrected chi connectivity index (χ2v) is 3.84. The molecule has 5 heteroatoms. The first-order chi connectivity index (χ1) is 7.65. The highest BCUT2D eigenvalue weighted by Gasteiger charge is 2.09. The predicted octanol–water partition coefficient (Wildman–Crippen LogP) is 1.30. The van der Waals surface area contributed by atoms with E-state index in [2.05, 4.69) is 20.8 Å². The van der Waals surface area contributed by atoms with E-state index >= 15 is 0 Å². The van der Waals surface area contributed by atoms with Gasteiger partial charge < -0.3 is 10.6 Å². The summed E-state index contributed by atoms with van der Waals surface area (Å²) in [7, 11) is 0. The molecule has 0 aromatic carbocycles. The second-order valence-electron chi connectivity index (χ2n) is 3.84. The number of aromatic nitrogens is 2. The number of nitrogens with one attached hydrogen (secondary N) is 3. The molecule has 0 fully saturated rings. The third-order valence-electron chi connectivity index (χ3n) is 2.32. The molecule has 1 rings (SSSR count). The molecule has 1 heterocycles. The van der Waals surface area contributed by atoms with Gasteiger partial charge >= 0.3 is 0 Å². The summed E-state index contributed by atoms with van der Waals surface area (Å²) >= 11 is 0. The summed E-state index contributed by atoms with van der Waals surface area (Å²) in [4.78, 5) is 11.6. The maximum atomic E-state index is 11.6. The van der Waals surface area contributed by atoms with E-state index in [0.29, 0.717) is 12.2 Å². The zero-order chi connectivity index (χ0) is 12.0. The SMILES string of the molecule is CCNC(C)CC(=O)Nc1cc(CC)[nH]n1. The van der Waals surface area contributed by atoms with Crippen LogP contribution in [0.25, 0.3) is 0 Å². The highest BCUT2D eigenvalue weighted by Crippen LogP contribution is 2.06. The lowest BCUT2D eigenvalue weighted by Crippen LogP contribution is -2.30. The van der Waals surface area contributed by atoms with Crippen molar-refractivity contribution in [2.45, 2.75) is 39.7 Å². The molecule has 0 saturated heterocycles. The molecule has 0 spiro atoms. The molecule has 0 aliphatic heterocycles. The van der Waals surface area contributed by atoms with E-state index < -0.39 is 0 Å². The quantitative estimate of drug-likeness (QED) is 0.682. The molecule has 3 N–H and O–H groups in total. The van der Waals surface area contributed by atoms with Crippen molar-refractivity contribution in [3.63, 3.8) is 0 Å². The molecule has 0 saturated carbocycles.